The van der Waals surface area contributed by atoms with Crippen LogP contribution in [0.5, 0.6) is 0 Å². The average molecular weight is 270 g/mol. The molecule has 0 rings (SSSR count). The zero-order chi connectivity index (χ0) is 9.00. The molecule has 0 aromatic carbocycles. The van der Waals surface area contributed by atoms with Crippen LogP contribution in [0.3, 0.4) is 0 Å². The molecule has 0 saturated heterocycles. The minimum absolute atomic E-state index is 0. The zero-order valence-electron chi connectivity index (χ0n) is 10.3. The summed E-state index contributed by atoms with van der Waals surface area (Å²) in [6.45, 7) is 0. The molecule has 70 valence electrons. The molecule has 13 heavy (non-hydrogen) atoms. The van der Waals surface area contributed by atoms with Gasteiger partial charge in [0, 0.05) is 0 Å². The van der Waals surface area contributed by atoms with Gasteiger partial charge in [-0.05, 0) is 0 Å². The maximum Gasteiger partial charge on any atom is 1.00 e. The monoisotopic (exact) mass is 270 g/mol. The van der Waals surface area contributed by atoms with Crippen molar-refractivity contribution >= 4 is 15.7 Å². The van der Waals surface area contributed by atoms with Crippen molar-refractivity contribution in [2.45, 2.75) is 0 Å². The van der Waals surface area contributed by atoms with Crippen molar-refractivity contribution in [3.63, 3.8) is 0 Å². The Morgan fingerprint density at radius 2 is 0.846 bits per heavy atom. The second kappa shape index (κ2) is 13.3. The summed E-state index contributed by atoms with van der Waals surface area (Å²) in [5.41, 5.74) is 0. The smallest absolute Gasteiger partial charge is 1.00 e. The van der Waals surface area contributed by atoms with Crippen molar-refractivity contribution in [1.29, 1.82) is 0 Å². The molecule has 0 aromatic heterocycles. The largest absolute Gasteiger partial charge is 1.00 e. The minimum atomic E-state index is -5.14. The van der Waals surface area contributed by atoms with E-state index in [1.165, 1.54) is 0 Å². The van der Waals surface area contributed by atoms with Gasteiger partial charge in [-0.25, -0.2) is 9.13 Å². The van der Waals surface area contributed by atoms with E-state index in [4.69, 9.17) is 33.6 Å². The molecule has 5 N–H and O–H groups in total. The third-order valence-electron chi connectivity index (χ3n) is 0. The van der Waals surface area contributed by atoms with E-state index in [0.717, 1.165) is 0 Å². The van der Waals surface area contributed by atoms with Crippen LogP contribution in [0.25, 0.3) is 0 Å². The van der Waals surface area contributed by atoms with E-state index in [9.17, 15) is 4.20 Å². The van der Waals surface area contributed by atoms with Crippen LogP contribution in [0.4, 0.5) is 4.20 Å². The summed E-state index contributed by atoms with van der Waals surface area (Å²) >= 11 is 0. The first-order valence-corrected chi connectivity index (χ1v) is 4.60. The van der Waals surface area contributed by atoms with E-state index < -0.39 is 15.7 Å². The maximum atomic E-state index is 10.4. The molecule has 0 radical (unpaired) electrons. The van der Waals surface area contributed by atoms with Crippen LogP contribution >= 0.6 is 15.7 Å². The second-order valence-corrected chi connectivity index (χ2v) is 2.96. The molecule has 0 aliphatic heterocycles. The van der Waals surface area contributed by atoms with Crippen LogP contribution in [0.1, 0.15) is 4.28 Å². The number of hydrogen-bond acceptors (Lipinski definition) is 2. The summed E-state index contributed by atoms with van der Waals surface area (Å²) in [6.07, 6.45) is 0. The van der Waals surface area contributed by atoms with Crippen LogP contribution in [-0.4, -0.2) is 24.5 Å². The number of phosphoric acid groups is 1. The molecular formula is H8FNa3O7P2. The molecule has 0 amide bonds. The molecule has 0 atom stereocenters. The predicted molar refractivity (Wildman–Crippen MR) is 30.8 cm³/mol. The Morgan fingerprint density at radius 1 is 0.846 bits per heavy atom. The van der Waals surface area contributed by atoms with Gasteiger partial charge in [0.2, 0.25) is 0 Å². The van der Waals surface area contributed by atoms with E-state index in [2.05, 4.69) is 0 Å². The van der Waals surface area contributed by atoms with Crippen molar-refractivity contribution in [1.82, 2.24) is 0 Å². The normalized spacial score (nSPS) is 9.08. The molecule has 0 saturated carbocycles. The molecule has 0 heterocycles. The summed E-state index contributed by atoms with van der Waals surface area (Å²) in [5, 5.41) is 0. The van der Waals surface area contributed by atoms with Crippen LogP contribution in [-0.2, 0) is 9.13 Å². The first-order chi connectivity index (χ1) is 4.00. The summed E-state index contributed by atoms with van der Waals surface area (Å²) < 4.78 is 27.9. The third kappa shape index (κ3) is 260. The van der Waals surface area contributed by atoms with E-state index >= 15 is 0 Å². The van der Waals surface area contributed by atoms with Crippen molar-refractivity contribution in [3.8, 4) is 0 Å². The van der Waals surface area contributed by atoms with E-state index in [1.54, 1.807) is 0 Å². The molecule has 0 bridgehead atoms. The SMILES string of the molecule is O=P(O)(O)F.O=P(O)(O)O.[H-].[H-].[H-].[Na+].[Na+].[Na+]. The van der Waals surface area contributed by atoms with Gasteiger partial charge in [-0.1, -0.05) is 0 Å². The number of rotatable bonds is 0. The Balaban J connectivity index is -0.00000000970. The molecule has 0 unspecified atom stereocenters. The van der Waals surface area contributed by atoms with E-state index in [-0.39, 0.29) is 93.0 Å². The van der Waals surface area contributed by atoms with Gasteiger partial charge in [-0.3, -0.25) is 9.79 Å². The minimum Gasteiger partial charge on any atom is -1.00 e. The van der Waals surface area contributed by atoms with E-state index in [1.807, 2.05) is 0 Å². The molecular weight excluding hydrogens is 262 g/mol. The van der Waals surface area contributed by atoms with Crippen LogP contribution in [0.15, 0.2) is 0 Å². The van der Waals surface area contributed by atoms with Crippen molar-refractivity contribution < 1.29 is 131 Å². The summed E-state index contributed by atoms with van der Waals surface area (Å²) in [5.74, 6) is 0. The Hall–Kier alpha value is 3.19. The standard InChI is InChI=1S/FH2O3P.3Na.H3O4P.3H/c1-5(2,3)4;;;;1-5(2,3)4;;;/h(H2,2,3,4);;;;(H3,1,2,3,4);;;/q;3*+1;;3*-1. The fourth-order valence-electron chi connectivity index (χ4n) is 0. The Morgan fingerprint density at radius 3 is 0.846 bits per heavy atom. The topological polar surface area (TPSA) is 135 Å². The van der Waals surface area contributed by atoms with Gasteiger partial charge in [-0.15, -0.1) is 4.20 Å². The molecule has 0 spiro atoms. The van der Waals surface area contributed by atoms with Gasteiger partial charge in [0.1, 0.15) is 0 Å². The van der Waals surface area contributed by atoms with Crippen molar-refractivity contribution in [2.75, 3.05) is 0 Å². The van der Waals surface area contributed by atoms with Crippen LogP contribution < -0.4 is 88.7 Å². The predicted octanol–water partition coefficient (Wildman–Crippen LogP) is -9.53. The molecule has 0 fully saturated rings. The molecule has 0 aliphatic rings. The molecule has 0 aromatic rings. The molecule has 7 nitrogen and oxygen atoms in total. The molecule has 0 aliphatic carbocycles. The fourth-order valence-corrected chi connectivity index (χ4v) is 0. The maximum absolute atomic E-state index is 10.4. The van der Waals surface area contributed by atoms with Crippen molar-refractivity contribution in [3.05, 3.63) is 0 Å². The quantitative estimate of drug-likeness (QED) is 0.218. The van der Waals surface area contributed by atoms with Gasteiger partial charge in [0.15, 0.2) is 0 Å². The second-order valence-electron chi connectivity index (χ2n) is 0.986. The first kappa shape index (κ1) is 29.8. The number of halogens is 1. The Bertz CT molecular complexity index is 145. The van der Waals surface area contributed by atoms with E-state index in [0.29, 0.717) is 0 Å². The van der Waals surface area contributed by atoms with Crippen molar-refractivity contribution in [2.24, 2.45) is 0 Å². The van der Waals surface area contributed by atoms with Gasteiger partial charge in [-0.2, -0.15) is 0 Å². The number of hydrogen-bond donors (Lipinski definition) is 5. The zero-order valence-corrected chi connectivity index (χ0v) is 15.1. The van der Waals surface area contributed by atoms with Crippen LogP contribution in [0, 0.1) is 0 Å². The fraction of sp³-hybridized carbons (Fsp3) is 0. The average Bonchev–Trinajstić information content (AvgIpc) is 1.12. The summed E-state index contributed by atoms with van der Waals surface area (Å²) in [6, 6.07) is 0. The Kier molecular flexibility index (Phi) is 30.4. The summed E-state index contributed by atoms with van der Waals surface area (Å²) in [7, 11) is -9.78. The first-order valence-electron chi connectivity index (χ1n) is 1.53. The molecule has 13 heteroatoms. The third-order valence-corrected chi connectivity index (χ3v) is 0. The van der Waals surface area contributed by atoms with Crippen LogP contribution in [0.2, 0.25) is 0 Å². The van der Waals surface area contributed by atoms with Gasteiger partial charge in [0.05, 0.1) is 0 Å². The van der Waals surface area contributed by atoms with Gasteiger partial charge in [0.25, 0.3) is 0 Å². The van der Waals surface area contributed by atoms with Gasteiger partial charge < -0.3 is 19.0 Å². The summed E-state index contributed by atoms with van der Waals surface area (Å²) in [4.78, 5) is 35.5. The Labute approximate surface area is 144 Å². The van der Waals surface area contributed by atoms with Gasteiger partial charge >= 0.3 is 104 Å².